The zero-order chi connectivity index (χ0) is 19.6. The van der Waals surface area contributed by atoms with Gasteiger partial charge in [-0.25, -0.2) is 4.79 Å². The molecule has 0 radical (unpaired) electrons. The summed E-state index contributed by atoms with van der Waals surface area (Å²) in [5, 5.41) is 13.4. The Morgan fingerprint density at radius 1 is 1.26 bits per heavy atom. The van der Waals surface area contributed by atoms with Gasteiger partial charge in [0.1, 0.15) is 12.4 Å². The minimum absolute atomic E-state index is 0.307. The van der Waals surface area contributed by atoms with E-state index < -0.39 is 6.03 Å². The van der Waals surface area contributed by atoms with Gasteiger partial charge in [0.25, 0.3) is 0 Å². The summed E-state index contributed by atoms with van der Waals surface area (Å²) in [5.41, 5.74) is 6.11. The Balaban J connectivity index is 1.92. The van der Waals surface area contributed by atoms with E-state index in [0.29, 0.717) is 23.3 Å². The largest absolute Gasteiger partial charge is 0.489 e. The second-order valence-electron chi connectivity index (χ2n) is 7.17. The highest BCUT2D eigenvalue weighted by Gasteiger charge is 2.29. The van der Waals surface area contributed by atoms with Gasteiger partial charge in [-0.3, -0.25) is 5.21 Å². The van der Waals surface area contributed by atoms with Gasteiger partial charge in [0.2, 0.25) is 0 Å². The molecule has 2 aromatic rings. The van der Waals surface area contributed by atoms with Crippen LogP contribution in [0.15, 0.2) is 30.3 Å². The van der Waals surface area contributed by atoms with E-state index in [0.717, 1.165) is 41.7 Å². The highest BCUT2D eigenvalue weighted by molar-refractivity contribution is 5.90. The second kappa shape index (κ2) is 8.01. The summed E-state index contributed by atoms with van der Waals surface area (Å²) in [6.07, 6.45) is 3.25. The van der Waals surface area contributed by atoms with Crippen molar-refractivity contribution in [1.29, 1.82) is 0 Å². The summed E-state index contributed by atoms with van der Waals surface area (Å²) < 4.78 is 6.16. The van der Waals surface area contributed by atoms with E-state index in [4.69, 9.17) is 4.74 Å². The quantitative estimate of drug-likeness (QED) is 0.565. The molecule has 0 aliphatic heterocycles. The van der Waals surface area contributed by atoms with Crippen LogP contribution in [-0.2, 0) is 13.0 Å². The number of aryl methyl sites for hydroxylation is 3. The molecule has 0 saturated heterocycles. The third kappa shape index (κ3) is 4.08. The third-order valence-electron chi connectivity index (χ3n) is 5.23. The van der Waals surface area contributed by atoms with Crippen LogP contribution in [-0.4, -0.2) is 18.3 Å². The molecule has 0 aromatic heterocycles. The van der Waals surface area contributed by atoms with Gasteiger partial charge in [-0.15, -0.1) is 0 Å². The van der Waals surface area contributed by atoms with Crippen molar-refractivity contribution >= 4 is 11.7 Å². The number of hydrogen-bond acceptors (Lipinski definition) is 3. The van der Waals surface area contributed by atoms with Crippen LogP contribution < -0.4 is 15.1 Å². The molecule has 0 atom stereocenters. The second-order valence-corrected chi connectivity index (χ2v) is 7.17. The summed E-state index contributed by atoms with van der Waals surface area (Å²) in [4.78, 5) is 11.9. The first kappa shape index (κ1) is 19.2. The average molecular weight is 368 g/mol. The molecule has 2 aromatic carbocycles. The zero-order valence-corrected chi connectivity index (χ0v) is 16.5. The summed E-state index contributed by atoms with van der Waals surface area (Å²) in [5.74, 6) is 1.32. The molecule has 1 aliphatic carbocycles. The van der Waals surface area contributed by atoms with Crippen molar-refractivity contribution in [2.75, 3.05) is 12.1 Å². The summed E-state index contributed by atoms with van der Waals surface area (Å²) in [6.45, 7) is 6.59. The van der Waals surface area contributed by atoms with Crippen LogP contribution in [0.25, 0.3) is 0 Å². The molecule has 2 N–H and O–H groups in total. The Hall–Kier alpha value is -2.53. The van der Waals surface area contributed by atoms with Crippen LogP contribution in [0.3, 0.4) is 0 Å². The number of rotatable bonds is 6. The van der Waals surface area contributed by atoms with E-state index >= 15 is 0 Å². The lowest BCUT2D eigenvalue weighted by atomic mass is 10.0. The van der Waals surface area contributed by atoms with E-state index in [1.807, 2.05) is 13.0 Å². The Kier molecular flexibility index (Phi) is 5.71. The Labute approximate surface area is 160 Å². The lowest BCUT2D eigenvalue weighted by Crippen LogP contribution is -2.36. The fourth-order valence-electron chi connectivity index (χ4n) is 3.48. The number of nitrogens with zero attached hydrogens (tertiary/aromatic N) is 1. The zero-order valence-electron chi connectivity index (χ0n) is 16.5. The average Bonchev–Trinajstić information content (AvgIpc) is 3.52. The maximum Gasteiger partial charge on any atom is 0.345 e. The van der Waals surface area contributed by atoms with Crippen LogP contribution in [0.1, 0.15) is 53.5 Å². The smallest absolute Gasteiger partial charge is 0.345 e. The molecule has 0 spiro atoms. The van der Waals surface area contributed by atoms with Crippen LogP contribution in [0.2, 0.25) is 0 Å². The molecule has 0 bridgehead atoms. The molecule has 2 amide bonds. The van der Waals surface area contributed by atoms with E-state index in [-0.39, 0.29) is 0 Å². The van der Waals surface area contributed by atoms with Gasteiger partial charge >= 0.3 is 6.03 Å². The van der Waals surface area contributed by atoms with Gasteiger partial charge in [-0.05, 0) is 73.4 Å². The van der Waals surface area contributed by atoms with E-state index in [1.54, 1.807) is 6.07 Å². The van der Waals surface area contributed by atoms with E-state index in [2.05, 4.69) is 37.4 Å². The Morgan fingerprint density at radius 2 is 2.00 bits per heavy atom. The van der Waals surface area contributed by atoms with Crippen molar-refractivity contribution in [3.05, 3.63) is 58.1 Å². The summed E-state index contributed by atoms with van der Waals surface area (Å²) in [7, 11) is 1.49. The molecule has 1 aliphatic rings. The highest BCUT2D eigenvalue weighted by atomic mass is 16.5. The molecule has 3 rings (SSSR count). The molecule has 1 fully saturated rings. The number of nitrogens with one attached hydrogen (secondary N) is 1. The number of benzene rings is 2. The molecule has 1 saturated carbocycles. The summed E-state index contributed by atoms with van der Waals surface area (Å²) >= 11 is 0. The topological polar surface area (TPSA) is 61.8 Å². The standard InChI is InChI=1S/C22H28N2O3/c1-5-16-11-15(3)21(12-14(16)2)27-13-19-18(17-9-10-17)7-6-8-20(19)24(26)22(25)23-4/h6-8,11-12,17,26H,5,9-10,13H2,1-4H3,(H,23,25). The first-order valence-electron chi connectivity index (χ1n) is 9.51. The van der Waals surface area contributed by atoms with E-state index in [9.17, 15) is 10.0 Å². The third-order valence-corrected chi connectivity index (χ3v) is 5.23. The van der Waals surface area contributed by atoms with Crippen LogP contribution in [0, 0.1) is 13.8 Å². The number of anilines is 1. The van der Waals surface area contributed by atoms with Gasteiger partial charge in [0.05, 0.1) is 5.69 Å². The number of hydrogen-bond donors (Lipinski definition) is 2. The van der Waals surface area contributed by atoms with E-state index in [1.165, 1.54) is 18.2 Å². The highest BCUT2D eigenvalue weighted by Crippen LogP contribution is 2.44. The molecular formula is C22H28N2O3. The van der Waals surface area contributed by atoms with Crippen molar-refractivity contribution in [2.24, 2.45) is 0 Å². The van der Waals surface area contributed by atoms with Crippen molar-refractivity contribution in [3.8, 4) is 5.75 Å². The maximum absolute atomic E-state index is 11.9. The first-order valence-corrected chi connectivity index (χ1v) is 9.51. The molecule has 144 valence electrons. The Bertz CT molecular complexity index is 844. The van der Waals surface area contributed by atoms with Crippen LogP contribution >= 0.6 is 0 Å². The monoisotopic (exact) mass is 368 g/mol. The molecule has 5 heteroatoms. The van der Waals surface area contributed by atoms with Crippen LogP contribution in [0.5, 0.6) is 5.75 Å². The van der Waals surface area contributed by atoms with Crippen molar-refractivity contribution < 1.29 is 14.7 Å². The minimum Gasteiger partial charge on any atom is -0.489 e. The number of urea groups is 1. The number of hydroxylamine groups is 1. The predicted octanol–water partition coefficient (Wildman–Crippen LogP) is 4.86. The van der Waals surface area contributed by atoms with Crippen molar-refractivity contribution in [1.82, 2.24) is 5.32 Å². The normalized spacial score (nSPS) is 13.4. The molecular weight excluding hydrogens is 340 g/mol. The molecule has 0 unspecified atom stereocenters. The fourth-order valence-corrected chi connectivity index (χ4v) is 3.48. The number of carbonyl (C=O) groups is 1. The van der Waals surface area contributed by atoms with Gasteiger partial charge in [0.15, 0.2) is 0 Å². The Morgan fingerprint density at radius 3 is 2.63 bits per heavy atom. The van der Waals surface area contributed by atoms with Gasteiger partial charge < -0.3 is 10.1 Å². The number of amides is 2. The SMILES string of the molecule is CCc1cc(C)c(OCc2c(C3CC3)cccc2N(O)C(=O)NC)cc1C. The minimum atomic E-state index is -0.566. The fraction of sp³-hybridized carbons (Fsp3) is 0.409. The van der Waals surface area contributed by atoms with Gasteiger partial charge in [-0.2, -0.15) is 5.06 Å². The number of carbonyl (C=O) groups excluding carboxylic acids is 1. The van der Waals surface area contributed by atoms with Gasteiger partial charge in [-0.1, -0.05) is 25.1 Å². The van der Waals surface area contributed by atoms with Crippen molar-refractivity contribution in [3.63, 3.8) is 0 Å². The molecule has 27 heavy (non-hydrogen) atoms. The first-order chi connectivity index (χ1) is 13.0. The lowest BCUT2D eigenvalue weighted by molar-refractivity contribution is 0.205. The summed E-state index contributed by atoms with van der Waals surface area (Å²) in [6, 6.07) is 9.37. The van der Waals surface area contributed by atoms with Crippen molar-refractivity contribution in [2.45, 2.75) is 52.6 Å². The van der Waals surface area contributed by atoms with Crippen LogP contribution in [0.4, 0.5) is 10.5 Å². The van der Waals surface area contributed by atoms with Gasteiger partial charge in [0, 0.05) is 12.6 Å². The molecule has 0 heterocycles. The maximum atomic E-state index is 11.9. The number of ether oxygens (including phenoxy) is 1. The molecule has 5 nitrogen and oxygen atoms in total. The lowest BCUT2D eigenvalue weighted by Gasteiger charge is -2.21. The predicted molar refractivity (Wildman–Crippen MR) is 107 cm³/mol.